The van der Waals surface area contributed by atoms with Gasteiger partial charge in [-0.3, -0.25) is 14.3 Å². The van der Waals surface area contributed by atoms with Gasteiger partial charge in [-0.05, 0) is 38.1 Å². The zero-order valence-electron chi connectivity index (χ0n) is 13.5. The van der Waals surface area contributed by atoms with Gasteiger partial charge in [0, 0.05) is 4.47 Å². The van der Waals surface area contributed by atoms with Crippen molar-refractivity contribution in [2.75, 3.05) is 12.3 Å². The van der Waals surface area contributed by atoms with Gasteiger partial charge in [0.25, 0.3) is 11.5 Å². The van der Waals surface area contributed by atoms with E-state index >= 15 is 0 Å². The summed E-state index contributed by atoms with van der Waals surface area (Å²) in [6, 6.07) is 7.78. The zero-order chi connectivity index (χ0) is 17.3. The maximum Gasteiger partial charge on any atom is 0.311 e. The van der Waals surface area contributed by atoms with E-state index in [0.717, 1.165) is 10.2 Å². The van der Waals surface area contributed by atoms with Gasteiger partial charge in [-0.1, -0.05) is 20.9 Å². The number of hydrogen-bond donors (Lipinski definition) is 2. The summed E-state index contributed by atoms with van der Waals surface area (Å²) < 4.78 is 10.5. The third-order valence-corrected chi connectivity index (χ3v) is 4.19. The fraction of sp³-hybridized carbons (Fsp3) is 0.312. The SMILES string of the molecule is CC(C)[n+]1cn(CCOc2ccc(Br)cc2)c2c(=O)[nH]c(N)nc21. The van der Waals surface area contributed by atoms with Crippen LogP contribution >= 0.6 is 15.9 Å². The van der Waals surface area contributed by atoms with Crippen molar-refractivity contribution in [3.05, 3.63) is 45.4 Å². The van der Waals surface area contributed by atoms with Crippen LogP contribution in [0.4, 0.5) is 5.95 Å². The maximum atomic E-state index is 12.3. The Morgan fingerprint density at radius 3 is 2.75 bits per heavy atom. The van der Waals surface area contributed by atoms with Crippen molar-refractivity contribution in [2.24, 2.45) is 0 Å². The highest BCUT2D eigenvalue weighted by atomic mass is 79.9. The number of aromatic nitrogens is 4. The summed E-state index contributed by atoms with van der Waals surface area (Å²) in [5, 5.41) is 0. The fourth-order valence-electron chi connectivity index (χ4n) is 2.51. The molecule has 0 saturated heterocycles. The Morgan fingerprint density at radius 1 is 1.38 bits per heavy atom. The Bertz CT molecular complexity index is 915. The predicted octanol–water partition coefficient (Wildman–Crippen LogP) is 2.02. The summed E-state index contributed by atoms with van der Waals surface area (Å²) in [5.41, 5.74) is 6.50. The standard InChI is InChI=1S/C16H18BrN5O2/c1-10(2)22-9-21(13-14(22)19-16(18)20-15(13)23)7-8-24-12-5-3-11(17)4-6-12/h3-6,9-10H,7-8H2,1-2H3,(H2-,18,19,20,23)/p+1. The van der Waals surface area contributed by atoms with E-state index in [0.29, 0.717) is 24.3 Å². The first kappa shape index (κ1) is 16.5. The topological polar surface area (TPSA) is 89.8 Å². The number of aromatic amines is 1. The molecule has 2 heterocycles. The Labute approximate surface area is 147 Å². The molecule has 0 spiro atoms. The molecule has 0 aliphatic rings. The number of H-pyrrole nitrogens is 1. The lowest BCUT2D eigenvalue weighted by atomic mass is 10.3. The van der Waals surface area contributed by atoms with E-state index in [-0.39, 0.29) is 17.5 Å². The number of ether oxygens (including phenoxy) is 1. The first-order chi connectivity index (χ1) is 11.5. The normalized spacial score (nSPS) is 11.3. The number of hydrogen-bond acceptors (Lipinski definition) is 4. The molecule has 1 aromatic carbocycles. The van der Waals surface area contributed by atoms with Gasteiger partial charge in [0.2, 0.25) is 5.52 Å². The van der Waals surface area contributed by atoms with Crippen LogP contribution in [0.3, 0.4) is 0 Å². The highest BCUT2D eigenvalue weighted by Gasteiger charge is 2.22. The van der Waals surface area contributed by atoms with Gasteiger partial charge < -0.3 is 10.5 Å². The third kappa shape index (κ3) is 3.28. The van der Waals surface area contributed by atoms with E-state index in [2.05, 4.69) is 25.9 Å². The summed E-state index contributed by atoms with van der Waals surface area (Å²) in [7, 11) is 0. The quantitative estimate of drug-likeness (QED) is 0.649. The molecule has 0 aliphatic heterocycles. The van der Waals surface area contributed by atoms with Gasteiger partial charge in [-0.15, -0.1) is 0 Å². The van der Waals surface area contributed by atoms with Crippen LogP contribution in [-0.4, -0.2) is 21.1 Å². The van der Waals surface area contributed by atoms with Crippen LogP contribution < -0.4 is 20.6 Å². The Kier molecular flexibility index (Phi) is 4.57. The molecular formula is C16H19BrN5O2+. The lowest BCUT2D eigenvalue weighted by Crippen LogP contribution is -2.36. The number of nitrogens with two attached hydrogens (primary N) is 1. The molecule has 0 atom stereocenters. The largest absolute Gasteiger partial charge is 0.490 e. The monoisotopic (exact) mass is 392 g/mol. The molecule has 3 N–H and O–H groups in total. The van der Waals surface area contributed by atoms with Crippen molar-refractivity contribution in [2.45, 2.75) is 26.4 Å². The number of nitrogen functional groups attached to an aromatic ring is 1. The molecule has 24 heavy (non-hydrogen) atoms. The molecule has 3 aromatic rings. The fourth-order valence-corrected chi connectivity index (χ4v) is 2.78. The number of imidazole rings is 1. The average molecular weight is 393 g/mol. The molecule has 2 aromatic heterocycles. The highest BCUT2D eigenvalue weighted by molar-refractivity contribution is 9.10. The molecule has 126 valence electrons. The van der Waals surface area contributed by atoms with Crippen molar-refractivity contribution in [3.63, 3.8) is 0 Å². The summed E-state index contributed by atoms with van der Waals surface area (Å²) >= 11 is 3.39. The second-order valence-electron chi connectivity index (χ2n) is 5.74. The first-order valence-electron chi connectivity index (χ1n) is 7.64. The molecule has 0 radical (unpaired) electrons. The Morgan fingerprint density at radius 2 is 2.08 bits per heavy atom. The molecule has 0 fully saturated rings. The number of fused-ring (bicyclic) bond motifs is 1. The molecule has 0 aliphatic carbocycles. The second-order valence-corrected chi connectivity index (χ2v) is 6.65. The van der Waals surface area contributed by atoms with E-state index in [4.69, 9.17) is 10.5 Å². The molecule has 7 nitrogen and oxygen atoms in total. The molecule has 0 bridgehead atoms. The third-order valence-electron chi connectivity index (χ3n) is 3.66. The van der Waals surface area contributed by atoms with Gasteiger partial charge in [0.15, 0.2) is 6.33 Å². The number of anilines is 1. The number of benzene rings is 1. The number of nitrogens with zero attached hydrogens (tertiary/aromatic N) is 3. The highest BCUT2D eigenvalue weighted by Crippen LogP contribution is 2.16. The molecule has 0 amide bonds. The van der Waals surface area contributed by atoms with Gasteiger partial charge in [-0.2, -0.15) is 0 Å². The number of rotatable bonds is 5. The Hall–Kier alpha value is -2.35. The molecular weight excluding hydrogens is 374 g/mol. The van der Waals surface area contributed by atoms with Crippen LogP contribution in [0, 0.1) is 0 Å². The van der Waals surface area contributed by atoms with Crippen LogP contribution in [0.2, 0.25) is 0 Å². The lowest BCUT2D eigenvalue weighted by molar-refractivity contribution is -0.693. The summed E-state index contributed by atoms with van der Waals surface area (Å²) in [6.45, 7) is 5.02. The smallest absolute Gasteiger partial charge is 0.311 e. The van der Waals surface area contributed by atoms with Crippen LogP contribution in [0.5, 0.6) is 5.75 Å². The van der Waals surface area contributed by atoms with E-state index in [1.807, 2.05) is 53.6 Å². The van der Waals surface area contributed by atoms with Crippen LogP contribution in [0.15, 0.2) is 39.9 Å². The van der Waals surface area contributed by atoms with Gasteiger partial charge >= 0.3 is 5.65 Å². The van der Waals surface area contributed by atoms with Gasteiger partial charge in [0.05, 0.1) is 6.04 Å². The number of halogens is 1. The minimum absolute atomic E-state index is 0.116. The van der Waals surface area contributed by atoms with E-state index < -0.39 is 0 Å². The van der Waals surface area contributed by atoms with Crippen molar-refractivity contribution in [1.29, 1.82) is 0 Å². The van der Waals surface area contributed by atoms with Crippen molar-refractivity contribution < 1.29 is 9.30 Å². The van der Waals surface area contributed by atoms with Crippen molar-refractivity contribution in [3.8, 4) is 5.75 Å². The number of nitrogens with one attached hydrogen (secondary N) is 1. The first-order valence-corrected chi connectivity index (χ1v) is 8.43. The van der Waals surface area contributed by atoms with Crippen LogP contribution in [0.25, 0.3) is 11.2 Å². The van der Waals surface area contributed by atoms with Gasteiger partial charge in [-0.25, -0.2) is 4.57 Å². The van der Waals surface area contributed by atoms with Crippen molar-refractivity contribution in [1.82, 2.24) is 14.5 Å². The molecule has 3 rings (SSSR count). The predicted molar refractivity (Wildman–Crippen MR) is 95.0 cm³/mol. The summed E-state index contributed by atoms with van der Waals surface area (Å²) in [4.78, 5) is 19.1. The van der Waals surface area contributed by atoms with Gasteiger partial charge in [0.1, 0.15) is 18.9 Å². The minimum Gasteiger partial charge on any atom is -0.490 e. The van der Waals surface area contributed by atoms with E-state index in [1.54, 1.807) is 0 Å². The van der Waals surface area contributed by atoms with Crippen molar-refractivity contribution >= 4 is 33.0 Å². The zero-order valence-corrected chi connectivity index (χ0v) is 15.1. The van der Waals surface area contributed by atoms with E-state index in [9.17, 15) is 4.79 Å². The maximum absolute atomic E-state index is 12.3. The minimum atomic E-state index is -0.249. The molecule has 8 heteroatoms. The Balaban J connectivity index is 1.86. The second kappa shape index (κ2) is 6.64. The van der Waals surface area contributed by atoms with Crippen LogP contribution in [-0.2, 0) is 6.54 Å². The molecule has 0 saturated carbocycles. The van der Waals surface area contributed by atoms with E-state index in [1.165, 1.54) is 0 Å². The lowest BCUT2D eigenvalue weighted by Gasteiger charge is -2.05. The van der Waals surface area contributed by atoms with Crippen LogP contribution in [0.1, 0.15) is 19.9 Å². The summed E-state index contributed by atoms with van der Waals surface area (Å²) in [5.74, 6) is 0.897. The summed E-state index contributed by atoms with van der Waals surface area (Å²) in [6.07, 6.45) is 1.88. The molecule has 0 unspecified atom stereocenters. The average Bonchev–Trinajstić information content (AvgIpc) is 2.88.